The van der Waals surface area contributed by atoms with Gasteiger partial charge in [0.15, 0.2) is 0 Å². The maximum absolute atomic E-state index is 13.8. The van der Waals surface area contributed by atoms with Crippen molar-refractivity contribution in [2.45, 2.75) is 51.4 Å². The summed E-state index contributed by atoms with van der Waals surface area (Å²) in [6.45, 7) is 5.72. The minimum Gasteiger partial charge on any atom is -0.508 e. The van der Waals surface area contributed by atoms with Crippen LogP contribution in [-0.4, -0.2) is 34.4 Å². The van der Waals surface area contributed by atoms with Crippen LogP contribution in [0.5, 0.6) is 5.75 Å². The number of piperidine rings is 1. The number of hydrogen-bond acceptors (Lipinski definition) is 3. The van der Waals surface area contributed by atoms with Gasteiger partial charge in [0.25, 0.3) is 0 Å². The topological polar surface area (TPSA) is 49.8 Å². The van der Waals surface area contributed by atoms with E-state index in [9.17, 15) is 14.3 Å². The first-order valence-corrected chi connectivity index (χ1v) is 7.19. The Kier molecular flexibility index (Phi) is 4.40. The Morgan fingerprint density at radius 1 is 1.43 bits per heavy atom. The SMILES string of the molecule is CC(C)(C)OC(=O)N1CCC(F)CC1c1cccc(O)c1. The lowest BCUT2D eigenvalue weighted by atomic mass is 9.94. The van der Waals surface area contributed by atoms with Crippen molar-refractivity contribution in [1.82, 2.24) is 4.90 Å². The molecule has 21 heavy (non-hydrogen) atoms. The number of phenols is 1. The number of hydrogen-bond donors (Lipinski definition) is 1. The highest BCUT2D eigenvalue weighted by molar-refractivity contribution is 5.69. The Balaban J connectivity index is 2.23. The van der Waals surface area contributed by atoms with E-state index >= 15 is 0 Å². The molecule has 0 aliphatic carbocycles. The molecule has 4 nitrogen and oxygen atoms in total. The number of halogens is 1. The van der Waals surface area contributed by atoms with Crippen LogP contribution in [0, 0.1) is 0 Å². The van der Waals surface area contributed by atoms with Crippen LogP contribution in [0.15, 0.2) is 24.3 Å². The zero-order valence-electron chi connectivity index (χ0n) is 12.7. The van der Waals surface area contributed by atoms with Gasteiger partial charge in [-0.05, 0) is 44.9 Å². The molecule has 1 aliphatic rings. The fourth-order valence-electron chi connectivity index (χ4n) is 2.51. The van der Waals surface area contributed by atoms with Gasteiger partial charge >= 0.3 is 6.09 Å². The summed E-state index contributed by atoms with van der Waals surface area (Å²) < 4.78 is 19.1. The summed E-state index contributed by atoms with van der Waals surface area (Å²) in [5.74, 6) is 0.109. The lowest BCUT2D eigenvalue weighted by Gasteiger charge is -2.38. The molecule has 1 amide bonds. The number of carbonyl (C=O) groups excluding carboxylic acids is 1. The number of nitrogens with zero attached hydrogens (tertiary/aromatic N) is 1. The highest BCUT2D eigenvalue weighted by Gasteiger charge is 2.35. The highest BCUT2D eigenvalue weighted by Crippen LogP contribution is 2.34. The zero-order valence-corrected chi connectivity index (χ0v) is 12.7. The molecule has 1 aromatic carbocycles. The lowest BCUT2D eigenvalue weighted by molar-refractivity contribution is 0.00161. The summed E-state index contributed by atoms with van der Waals surface area (Å²) in [6, 6.07) is 6.20. The summed E-state index contributed by atoms with van der Waals surface area (Å²) in [5.41, 5.74) is 0.135. The molecule has 1 aromatic rings. The highest BCUT2D eigenvalue weighted by atomic mass is 19.1. The Morgan fingerprint density at radius 3 is 2.76 bits per heavy atom. The quantitative estimate of drug-likeness (QED) is 0.857. The van der Waals surface area contributed by atoms with Gasteiger partial charge in [0.2, 0.25) is 0 Å². The number of aromatic hydroxyl groups is 1. The van der Waals surface area contributed by atoms with Gasteiger partial charge in [0.1, 0.15) is 17.5 Å². The Morgan fingerprint density at radius 2 is 2.14 bits per heavy atom. The lowest BCUT2D eigenvalue weighted by Crippen LogP contribution is -2.44. The molecule has 0 aromatic heterocycles. The van der Waals surface area contributed by atoms with Crippen molar-refractivity contribution < 1.29 is 19.0 Å². The standard InChI is InChI=1S/C16H22FNO3/c1-16(2,3)21-15(20)18-8-7-12(17)10-14(18)11-5-4-6-13(19)9-11/h4-6,9,12,14,19H,7-8,10H2,1-3H3. The molecule has 1 saturated heterocycles. The molecular weight excluding hydrogens is 273 g/mol. The number of alkyl halides is 1. The largest absolute Gasteiger partial charge is 0.508 e. The van der Waals surface area contributed by atoms with Gasteiger partial charge in [-0.15, -0.1) is 0 Å². The van der Waals surface area contributed by atoms with Crippen LogP contribution in [0.1, 0.15) is 45.2 Å². The molecule has 2 atom stereocenters. The van der Waals surface area contributed by atoms with E-state index in [1.54, 1.807) is 49.9 Å². The first-order valence-electron chi connectivity index (χ1n) is 7.19. The summed E-state index contributed by atoms with van der Waals surface area (Å²) in [4.78, 5) is 13.9. The monoisotopic (exact) mass is 295 g/mol. The predicted molar refractivity (Wildman–Crippen MR) is 77.9 cm³/mol. The van der Waals surface area contributed by atoms with E-state index in [0.29, 0.717) is 13.0 Å². The van der Waals surface area contributed by atoms with E-state index < -0.39 is 23.9 Å². The normalized spacial score (nSPS) is 23.0. The Bertz CT molecular complexity index is 512. The summed E-state index contributed by atoms with van der Waals surface area (Å²) in [5, 5.41) is 9.59. The van der Waals surface area contributed by atoms with E-state index in [-0.39, 0.29) is 12.2 Å². The average Bonchev–Trinajstić information content (AvgIpc) is 2.36. The van der Waals surface area contributed by atoms with E-state index in [4.69, 9.17) is 4.74 Å². The second-order valence-corrected chi connectivity index (χ2v) is 6.41. The van der Waals surface area contributed by atoms with Crippen molar-refractivity contribution in [2.75, 3.05) is 6.54 Å². The minimum atomic E-state index is -0.948. The van der Waals surface area contributed by atoms with Crippen molar-refractivity contribution in [2.24, 2.45) is 0 Å². The predicted octanol–water partition coefficient (Wildman–Crippen LogP) is 3.80. The fourth-order valence-corrected chi connectivity index (χ4v) is 2.51. The molecule has 5 heteroatoms. The third kappa shape index (κ3) is 4.09. The third-order valence-electron chi connectivity index (χ3n) is 3.42. The maximum Gasteiger partial charge on any atom is 0.410 e. The van der Waals surface area contributed by atoms with E-state index in [1.807, 2.05) is 0 Å². The number of carbonyl (C=O) groups is 1. The molecule has 0 spiro atoms. The van der Waals surface area contributed by atoms with Gasteiger partial charge in [-0.2, -0.15) is 0 Å². The number of amides is 1. The molecule has 0 saturated carbocycles. The van der Waals surface area contributed by atoms with Crippen molar-refractivity contribution in [1.29, 1.82) is 0 Å². The van der Waals surface area contributed by atoms with E-state index in [1.165, 1.54) is 0 Å². The smallest absolute Gasteiger partial charge is 0.410 e. The van der Waals surface area contributed by atoms with E-state index in [2.05, 4.69) is 0 Å². The Hall–Kier alpha value is -1.78. The number of benzene rings is 1. The number of rotatable bonds is 1. The first-order chi connectivity index (χ1) is 9.76. The third-order valence-corrected chi connectivity index (χ3v) is 3.42. The van der Waals surface area contributed by atoms with Crippen molar-refractivity contribution in [3.05, 3.63) is 29.8 Å². The van der Waals surface area contributed by atoms with Crippen molar-refractivity contribution in [3.63, 3.8) is 0 Å². The van der Waals surface area contributed by atoms with Crippen LogP contribution in [-0.2, 0) is 4.74 Å². The molecule has 2 rings (SSSR count). The summed E-state index contributed by atoms with van der Waals surface area (Å²) in [6.07, 6.45) is -0.851. The molecule has 1 aliphatic heterocycles. The molecule has 0 radical (unpaired) electrons. The second-order valence-electron chi connectivity index (χ2n) is 6.41. The maximum atomic E-state index is 13.8. The molecule has 1 N–H and O–H groups in total. The molecule has 0 bridgehead atoms. The zero-order chi connectivity index (χ0) is 15.6. The average molecular weight is 295 g/mol. The summed E-state index contributed by atoms with van der Waals surface area (Å²) in [7, 11) is 0. The van der Waals surface area contributed by atoms with Crippen LogP contribution in [0.3, 0.4) is 0 Å². The molecule has 1 heterocycles. The van der Waals surface area contributed by atoms with Gasteiger partial charge < -0.3 is 14.7 Å². The molecule has 116 valence electrons. The van der Waals surface area contributed by atoms with Crippen LogP contribution in [0.25, 0.3) is 0 Å². The number of phenolic OH excluding ortho intramolecular Hbond substituents is 1. The van der Waals surface area contributed by atoms with Gasteiger partial charge in [0, 0.05) is 13.0 Å². The van der Waals surface area contributed by atoms with Gasteiger partial charge in [-0.1, -0.05) is 12.1 Å². The molecular formula is C16H22FNO3. The van der Waals surface area contributed by atoms with Crippen LogP contribution in [0.4, 0.5) is 9.18 Å². The number of likely N-dealkylation sites (tertiary alicyclic amines) is 1. The van der Waals surface area contributed by atoms with Crippen LogP contribution < -0.4 is 0 Å². The van der Waals surface area contributed by atoms with E-state index in [0.717, 1.165) is 5.56 Å². The Labute approximate surface area is 124 Å². The fraction of sp³-hybridized carbons (Fsp3) is 0.562. The van der Waals surface area contributed by atoms with Gasteiger partial charge in [-0.25, -0.2) is 9.18 Å². The van der Waals surface area contributed by atoms with Crippen LogP contribution >= 0.6 is 0 Å². The summed E-state index contributed by atoms with van der Waals surface area (Å²) >= 11 is 0. The molecule has 2 unspecified atom stereocenters. The first kappa shape index (κ1) is 15.6. The van der Waals surface area contributed by atoms with Gasteiger partial charge in [0.05, 0.1) is 6.04 Å². The minimum absolute atomic E-state index is 0.109. The van der Waals surface area contributed by atoms with Crippen molar-refractivity contribution in [3.8, 4) is 5.75 Å². The second kappa shape index (κ2) is 5.92. The number of ether oxygens (including phenoxy) is 1. The van der Waals surface area contributed by atoms with Crippen LogP contribution in [0.2, 0.25) is 0 Å². The van der Waals surface area contributed by atoms with Crippen molar-refractivity contribution >= 4 is 6.09 Å². The molecule has 1 fully saturated rings. The van der Waals surface area contributed by atoms with Gasteiger partial charge in [-0.3, -0.25) is 0 Å².